The molecule has 6 nitrogen and oxygen atoms in total. The van der Waals surface area contributed by atoms with Gasteiger partial charge in [0.2, 0.25) is 5.78 Å². The summed E-state index contributed by atoms with van der Waals surface area (Å²) in [6.07, 6.45) is 0.510. The van der Waals surface area contributed by atoms with Crippen LogP contribution in [0.1, 0.15) is 45.8 Å². The van der Waals surface area contributed by atoms with Crippen molar-refractivity contribution >= 4 is 50.6 Å². The van der Waals surface area contributed by atoms with Crippen molar-refractivity contribution < 1.29 is 19.2 Å². The van der Waals surface area contributed by atoms with Gasteiger partial charge in [-0.1, -0.05) is 41.6 Å². The van der Waals surface area contributed by atoms with Crippen LogP contribution >= 0.6 is 11.3 Å². The highest BCUT2D eigenvalue weighted by Crippen LogP contribution is 2.32. The zero-order valence-corrected chi connectivity index (χ0v) is 23.1. The second kappa shape index (κ2) is 11.8. The number of aromatic nitrogens is 1. The topological polar surface area (TPSA) is 69.9 Å². The molecule has 2 heterocycles. The highest BCUT2D eigenvalue weighted by atomic mass is 32.1. The van der Waals surface area contributed by atoms with Crippen LogP contribution in [0.15, 0.2) is 83.3 Å². The molecule has 0 amide bonds. The van der Waals surface area contributed by atoms with Crippen LogP contribution in [0.4, 0.5) is 0 Å². The lowest BCUT2D eigenvalue weighted by Crippen LogP contribution is -2.09. The van der Waals surface area contributed by atoms with Crippen molar-refractivity contribution in [2.45, 2.75) is 33.7 Å². The smallest absolute Gasteiger partial charge is 0.331 e. The first-order chi connectivity index (χ1) is 19.0. The molecule has 2 aromatic heterocycles. The number of hydrogen-bond acceptors (Lipinski definition) is 6. The van der Waals surface area contributed by atoms with Gasteiger partial charge in [0.15, 0.2) is 0 Å². The number of aryl methyl sites for hydroxylation is 1. The number of nitrogens with zero attached hydrogens (tertiary/aromatic N) is 2. The molecule has 0 aliphatic heterocycles. The van der Waals surface area contributed by atoms with Crippen molar-refractivity contribution in [2.75, 3.05) is 13.2 Å². The Labute approximate surface area is 231 Å². The monoisotopic (exact) mass is 538 g/mol. The maximum Gasteiger partial charge on any atom is 0.331 e. The summed E-state index contributed by atoms with van der Waals surface area (Å²) in [4.78, 5) is 30.6. The Morgan fingerprint density at radius 1 is 0.923 bits per heavy atom. The lowest BCUT2D eigenvalue weighted by Gasteiger charge is -2.10. The number of hydrogen-bond donors (Lipinski definition) is 0. The molecule has 198 valence electrons. The van der Waals surface area contributed by atoms with E-state index < -0.39 is 5.97 Å². The molecule has 39 heavy (non-hydrogen) atoms. The summed E-state index contributed by atoms with van der Waals surface area (Å²) < 4.78 is 7.90. The quantitative estimate of drug-likeness (QED) is 0.0635. The van der Waals surface area contributed by atoms with Gasteiger partial charge in [0.25, 0.3) is 0 Å². The summed E-state index contributed by atoms with van der Waals surface area (Å²) in [7, 11) is 0. The Hall–Kier alpha value is -4.07. The van der Waals surface area contributed by atoms with Gasteiger partial charge in [-0.3, -0.25) is 4.79 Å². The average Bonchev–Trinajstić information content (AvgIpc) is 3.58. The maximum absolute atomic E-state index is 13.2. The van der Waals surface area contributed by atoms with Gasteiger partial charge in [-0.05, 0) is 66.8 Å². The van der Waals surface area contributed by atoms with Crippen LogP contribution in [0.2, 0.25) is 0 Å². The third-order valence-electron chi connectivity index (χ3n) is 6.77. The average molecular weight is 539 g/mol. The van der Waals surface area contributed by atoms with Gasteiger partial charge < -0.3 is 14.1 Å². The first kappa shape index (κ1) is 26.5. The summed E-state index contributed by atoms with van der Waals surface area (Å²) in [6.45, 7) is 7.30. The summed E-state index contributed by atoms with van der Waals surface area (Å²) in [6, 6.07) is 23.9. The van der Waals surface area contributed by atoms with E-state index in [2.05, 4.69) is 40.9 Å². The van der Waals surface area contributed by atoms with E-state index in [1.165, 1.54) is 18.3 Å². The molecule has 0 saturated heterocycles. The van der Waals surface area contributed by atoms with Crippen LogP contribution in [0.5, 0.6) is 0 Å². The largest absolute Gasteiger partial charge is 0.380 e. The molecule has 0 saturated carbocycles. The minimum Gasteiger partial charge on any atom is -0.380 e. The van der Waals surface area contributed by atoms with Crippen molar-refractivity contribution in [2.24, 2.45) is 5.16 Å². The molecule has 3 aromatic carbocycles. The fourth-order valence-electron chi connectivity index (χ4n) is 4.81. The summed E-state index contributed by atoms with van der Waals surface area (Å²) in [5, 5.41) is 8.14. The van der Waals surface area contributed by atoms with Gasteiger partial charge in [-0.15, -0.1) is 11.3 Å². The number of carbonyl (C=O) groups is 2. The number of carbonyl (C=O) groups excluding carboxylic acids is 2. The highest BCUT2D eigenvalue weighted by Gasteiger charge is 2.18. The Morgan fingerprint density at radius 3 is 2.31 bits per heavy atom. The zero-order valence-electron chi connectivity index (χ0n) is 22.3. The lowest BCUT2D eigenvalue weighted by molar-refractivity contribution is -0.140. The molecule has 0 spiro atoms. The number of ether oxygens (including phenoxy) is 1. The number of rotatable bonds is 10. The molecule has 5 rings (SSSR count). The van der Waals surface area contributed by atoms with Crippen molar-refractivity contribution in [1.82, 2.24) is 4.57 Å². The third kappa shape index (κ3) is 5.70. The van der Waals surface area contributed by atoms with E-state index in [0.717, 1.165) is 38.5 Å². The Morgan fingerprint density at radius 2 is 1.64 bits per heavy atom. The van der Waals surface area contributed by atoms with Gasteiger partial charge >= 0.3 is 5.97 Å². The maximum atomic E-state index is 13.2. The van der Waals surface area contributed by atoms with Gasteiger partial charge in [0.05, 0.1) is 17.2 Å². The van der Waals surface area contributed by atoms with Crippen molar-refractivity contribution in [3.8, 4) is 0 Å². The summed E-state index contributed by atoms with van der Waals surface area (Å²) in [5.74, 6) is -0.461. The third-order valence-corrected chi connectivity index (χ3v) is 7.64. The van der Waals surface area contributed by atoms with Crippen LogP contribution in [0.3, 0.4) is 0 Å². The molecular weight excluding hydrogens is 508 g/mol. The van der Waals surface area contributed by atoms with Gasteiger partial charge in [-0.25, -0.2) is 4.79 Å². The molecule has 0 fully saturated rings. The normalized spacial score (nSPS) is 11.8. The predicted molar refractivity (Wildman–Crippen MR) is 157 cm³/mol. The fourth-order valence-corrected chi connectivity index (χ4v) is 5.50. The highest BCUT2D eigenvalue weighted by molar-refractivity contribution is 7.12. The molecule has 5 aromatic rings. The number of thiophene rings is 1. The Balaban J connectivity index is 1.65. The van der Waals surface area contributed by atoms with E-state index in [9.17, 15) is 9.59 Å². The minimum atomic E-state index is -0.470. The zero-order chi connectivity index (χ0) is 27.4. The van der Waals surface area contributed by atoms with E-state index >= 15 is 0 Å². The van der Waals surface area contributed by atoms with Crippen LogP contribution in [-0.4, -0.2) is 35.2 Å². The Kier molecular flexibility index (Phi) is 8.00. The molecule has 0 aliphatic carbocycles. The molecule has 0 aliphatic rings. The standard InChI is InChI=1S/C32H30N2O4S/c1-4-37-16-15-34-29-13-11-24(28(33-38-22(3)35)20-23-9-6-5-8-21(23)2)18-26(29)27-19-25(12-14-30(27)34)32(36)31-10-7-17-39-31/h5-14,17-19H,4,15-16,20H2,1-3H3. The van der Waals surface area contributed by atoms with Crippen LogP contribution in [0.25, 0.3) is 21.8 Å². The summed E-state index contributed by atoms with van der Waals surface area (Å²) in [5.41, 5.74) is 6.46. The second-order valence-electron chi connectivity index (χ2n) is 9.34. The number of benzene rings is 3. The fraction of sp³-hybridized carbons (Fsp3) is 0.219. The van der Waals surface area contributed by atoms with E-state index in [-0.39, 0.29) is 5.78 Å². The molecule has 0 atom stereocenters. The van der Waals surface area contributed by atoms with Crippen molar-refractivity contribution in [3.05, 3.63) is 105 Å². The molecular formula is C32H30N2O4S. The van der Waals surface area contributed by atoms with Crippen molar-refractivity contribution in [1.29, 1.82) is 0 Å². The van der Waals surface area contributed by atoms with Gasteiger partial charge in [-0.2, -0.15) is 0 Å². The molecule has 0 N–H and O–H groups in total. The SMILES string of the molecule is CCOCCn1c2ccc(C(=O)c3cccs3)cc2c2cc(C(Cc3ccccc3C)=NOC(C)=O)ccc21. The number of oxime groups is 1. The van der Waals surface area contributed by atoms with E-state index in [1.807, 2.05) is 60.8 Å². The van der Waals surface area contributed by atoms with E-state index in [0.29, 0.717) is 42.3 Å². The van der Waals surface area contributed by atoms with E-state index in [4.69, 9.17) is 9.57 Å². The predicted octanol–water partition coefficient (Wildman–Crippen LogP) is 6.94. The first-order valence-electron chi connectivity index (χ1n) is 13.0. The van der Waals surface area contributed by atoms with Crippen LogP contribution < -0.4 is 0 Å². The van der Waals surface area contributed by atoms with Crippen LogP contribution in [-0.2, 0) is 27.3 Å². The van der Waals surface area contributed by atoms with Crippen LogP contribution in [0, 0.1) is 6.92 Å². The molecule has 0 bridgehead atoms. The lowest BCUT2D eigenvalue weighted by atomic mass is 9.97. The van der Waals surface area contributed by atoms with Gasteiger partial charge in [0.1, 0.15) is 0 Å². The first-order valence-corrected chi connectivity index (χ1v) is 13.9. The summed E-state index contributed by atoms with van der Waals surface area (Å²) >= 11 is 1.44. The number of ketones is 1. The van der Waals surface area contributed by atoms with E-state index in [1.54, 1.807) is 0 Å². The van der Waals surface area contributed by atoms with Crippen molar-refractivity contribution in [3.63, 3.8) is 0 Å². The minimum absolute atomic E-state index is 0.00920. The Bertz CT molecular complexity index is 1680. The van der Waals surface area contributed by atoms with Gasteiger partial charge in [0, 0.05) is 59.4 Å². The molecule has 7 heteroatoms. The molecule has 0 radical (unpaired) electrons. The molecule has 0 unspecified atom stereocenters. The number of fused-ring (bicyclic) bond motifs is 3. The second-order valence-corrected chi connectivity index (χ2v) is 10.3.